The van der Waals surface area contributed by atoms with Crippen LogP contribution in [-0.4, -0.2) is 18.2 Å². The number of amides is 1. The first-order valence-electron chi connectivity index (χ1n) is 6.53. The van der Waals surface area contributed by atoms with Gasteiger partial charge >= 0.3 is 0 Å². The summed E-state index contributed by atoms with van der Waals surface area (Å²) in [6, 6.07) is 17.3. The number of nitrogens with zero attached hydrogens (tertiary/aromatic N) is 1. The number of hydrazone groups is 1. The number of nitrogens with one attached hydrogen (secondary N) is 2. The van der Waals surface area contributed by atoms with E-state index >= 15 is 0 Å². The summed E-state index contributed by atoms with van der Waals surface area (Å²) in [4.78, 5) is 11.7. The zero-order valence-electron chi connectivity index (χ0n) is 11.6. The molecule has 21 heavy (non-hydrogen) atoms. The lowest BCUT2D eigenvalue weighted by Gasteiger charge is -2.06. The minimum atomic E-state index is -0.187. The van der Waals surface area contributed by atoms with Crippen LogP contribution in [0.5, 0.6) is 0 Å². The highest BCUT2D eigenvalue weighted by atomic mass is 79.9. The van der Waals surface area contributed by atoms with Gasteiger partial charge < -0.3 is 5.32 Å². The van der Waals surface area contributed by atoms with Gasteiger partial charge in [-0.2, -0.15) is 5.10 Å². The van der Waals surface area contributed by atoms with E-state index in [1.54, 1.807) is 0 Å². The highest BCUT2D eigenvalue weighted by Crippen LogP contribution is 2.13. The second kappa shape index (κ2) is 7.59. The summed E-state index contributed by atoms with van der Waals surface area (Å²) in [5.41, 5.74) is 5.18. The molecule has 2 rings (SSSR count). The summed E-state index contributed by atoms with van der Waals surface area (Å²) in [5.74, 6) is -0.187. The molecule has 2 aromatic rings. The largest absolute Gasteiger partial charge is 0.376 e. The summed E-state index contributed by atoms with van der Waals surface area (Å²) >= 11 is 3.36. The maximum atomic E-state index is 11.7. The maximum Gasteiger partial charge on any atom is 0.259 e. The van der Waals surface area contributed by atoms with Crippen molar-refractivity contribution in [3.05, 3.63) is 64.6 Å². The van der Waals surface area contributed by atoms with Crippen molar-refractivity contribution in [1.82, 2.24) is 5.43 Å². The summed E-state index contributed by atoms with van der Waals surface area (Å²) in [6.07, 6.45) is 0. The number of hydrogen-bond donors (Lipinski definition) is 2. The number of rotatable bonds is 5. The normalized spacial score (nSPS) is 11.0. The van der Waals surface area contributed by atoms with E-state index in [1.807, 2.05) is 61.5 Å². The number of carbonyl (C=O) groups is 1. The third-order valence-electron chi connectivity index (χ3n) is 2.84. The van der Waals surface area contributed by atoms with Gasteiger partial charge in [-0.1, -0.05) is 46.3 Å². The molecule has 0 unspecified atom stereocenters. The fraction of sp³-hybridized carbons (Fsp3) is 0.125. The molecule has 108 valence electrons. The minimum Gasteiger partial charge on any atom is -0.376 e. The molecule has 0 radical (unpaired) electrons. The molecule has 0 bridgehead atoms. The lowest BCUT2D eigenvalue weighted by molar-refractivity contribution is -0.119. The molecule has 0 saturated heterocycles. The fourth-order valence-corrected chi connectivity index (χ4v) is 1.94. The monoisotopic (exact) mass is 345 g/mol. The van der Waals surface area contributed by atoms with E-state index < -0.39 is 0 Å². The van der Waals surface area contributed by atoms with Gasteiger partial charge in [-0.25, -0.2) is 5.43 Å². The van der Waals surface area contributed by atoms with Gasteiger partial charge in [0.05, 0.1) is 12.3 Å². The zero-order valence-corrected chi connectivity index (χ0v) is 13.2. The third kappa shape index (κ3) is 5.04. The number of anilines is 1. The van der Waals surface area contributed by atoms with Crippen molar-refractivity contribution in [1.29, 1.82) is 0 Å². The molecule has 0 atom stereocenters. The van der Waals surface area contributed by atoms with Gasteiger partial charge in [0, 0.05) is 10.2 Å². The van der Waals surface area contributed by atoms with E-state index in [4.69, 9.17) is 0 Å². The van der Waals surface area contributed by atoms with Crippen LogP contribution in [0.15, 0.2) is 64.2 Å². The van der Waals surface area contributed by atoms with Crippen LogP contribution in [0.1, 0.15) is 12.5 Å². The van der Waals surface area contributed by atoms with E-state index in [9.17, 15) is 4.79 Å². The standard InChI is InChI=1S/C16H16BrN3O/c1-12(13-5-3-2-4-6-13)19-20-16(21)11-18-15-9-7-14(17)8-10-15/h2-10,18H,11H2,1H3,(H,20,21)/b19-12-. The first-order valence-corrected chi connectivity index (χ1v) is 7.32. The van der Waals surface area contributed by atoms with Crippen LogP contribution in [0.4, 0.5) is 5.69 Å². The average Bonchev–Trinajstić information content (AvgIpc) is 2.53. The Balaban J connectivity index is 1.83. The Morgan fingerprint density at radius 3 is 2.43 bits per heavy atom. The fourth-order valence-electron chi connectivity index (χ4n) is 1.68. The molecular formula is C16H16BrN3O. The predicted octanol–water partition coefficient (Wildman–Crippen LogP) is 3.40. The van der Waals surface area contributed by atoms with E-state index in [1.165, 1.54) is 0 Å². The molecule has 2 N–H and O–H groups in total. The number of carbonyl (C=O) groups excluding carboxylic acids is 1. The van der Waals surface area contributed by atoms with Crippen LogP contribution in [0.3, 0.4) is 0 Å². The first kappa shape index (κ1) is 15.3. The predicted molar refractivity (Wildman–Crippen MR) is 89.4 cm³/mol. The second-order valence-corrected chi connectivity index (χ2v) is 5.37. The number of hydrogen-bond acceptors (Lipinski definition) is 3. The highest BCUT2D eigenvalue weighted by molar-refractivity contribution is 9.10. The zero-order chi connectivity index (χ0) is 15.1. The lowest BCUT2D eigenvalue weighted by Crippen LogP contribution is -2.26. The third-order valence-corrected chi connectivity index (χ3v) is 3.37. The molecule has 0 aliphatic rings. The van der Waals surface area contributed by atoms with Crippen molar-refractivity contribution in [2.45, 2.75) is 6.92 Å². The Morgan fingerprint density at radius 2 is 1.76 bits per heavy atom. The summed E-state index contributed by atoms with van der Waals surface area (Å²) in [5, 5.41) is 7.12. The first-order chi connectivity index (χ1) is 10.1. The minimum absolute atomic E-state index is 0.174. The Morgan fingerprint density at radius 1 is 1.10 bits per heavy atom. The van der Waals surface area contributed by atoms with E-state index in [-0.39, 0.29) is 12.5 Å². The molecule has 0 fully saturated rings. The van der Waals surface area contributed by atoms with Crippen LogP contribution in [-0.2, 0) is 4.79 Å². The topological polar surface area (TPSA) is 53.5 Å². The Bertz CT molecular complexity index is 624. The average molecular weight is 346 g/mol. The van der Waals surface area contributed by atoms with E-state index in [0.29, 0.717) is 0 Å². The van der Waals surface area contributed by atoms with Crippen LogP contribution in [0, 0.1) is 0 Å². The quantitative estimate of drug-likeness (QED) is 0.644. The van der Waals surface area contributed by atoms with E-state index in [0.717, 1.165) is 21.4 Å². The van der Waals surface area contributed by atoms with Gasteiger partial charge in [0.25, 0.3) is 5.91 Å². The van der Waals surface area contributed by atoms with E-state index in [2.05, 4.69) is 31.8 Å². The summed E-state index contributed by atoms with van der Waals surface area (Å²) in [7, 11) is 0. The van der Waals surface area contributed by atoms with Gasteiger partial charge in [0.2, 0.25) is 0 Å². The van der Waals surface area contributed by atoms with Crippen molar-refractivity contribution < 1.29 is 4.79 Å². The van der Waals surface area contributed by atoms with Crippen molar-refractivity contribution in [2.24, 2.45) is 5.10 Å². The summed E-state index contributed by atoms with van der Waals surface area (Å²) < 4.78 is 1.00. The van der Waals surface area contributed by atoms with Crippen LogP contribution < -0.4 is 10.7 Å². The Hall–Kier alpha value is -2.14. The smallest absolute Gasteiger partial charge is 0.259 e. The maximum absolute atomic E-state index is 11.7. The molecule has 1 amide bonds. The van der Waals surface area contributed by atoms with Crippen molar-refractivity contribution >= 4 is 33.2 Å². The molecule has 4 nitrogen and oxygen atoms in total. The SMILES string of the molecule is C/C(=N/NC(=O)CNc1ccc(Br)cc1)c1ccccc1. The molecule has 0 spiro atoms. The number of benzene rings is 2. The van der Waals surface area contributed by atoms with Crippen LogP contribution in [0.2, 0.25) is 0 Å². The molecule has 5 heteroatoms. The second-order valence-electron chi connectivity index (χ2n) is 4.46. The molecule has 0 saturated carbocycles. The van der Waals surface area contributed by atoms with Crippen molar-refractivity contribution in [3.8, 4) is 0 Å². The highest BCUT2D eigenvalue weighted by Gasteiger charge is 2.01. The Kier molecular flexibility index (Phi) is 5.51. The molecular weight excluding hydrogens is 330 g/mol. The van der Waals surface area contributed by atoms with Crippen molar-refractivity contribution in [3.63, 3.8) is 0 Å². The van der Waals surface area contributed by atoms with Crippen molar-refractivity contribution in [2.75, 3.05) is 11.9 Å². The molecule has 0 heterocycles. The molecule has 0 aliphatic carbocycles. The van der Waals surface area contributed by atoms with Gasteiger partial charge in [-0.15, -0.1) is 0 Å². The van der Waals surface area contributed by atoms with Crippen LogP contribution >= 0.6 is 15.9 Å². The summed E-state index contributed by atoms with van der Waals surface area (Å²) in [6.45, 7) is 2.03. The van der Waals surface area contributed by atoms with Gasteiger partial charge in [-0.3, -0.25) is 4.79 Å². The molecule has 0 aliphatic heterocycles. The van der Waals surface area contributed by atoms with Crippen LogP contribution in [0.25, 0.3) is 0 Å². The van der Waals surface area contributed by atoms with Gasteiger partial charge in [-0.05, 0) is 36.8 Å². The van der Waals surface area contributed by atoms with Gasteiger partial charge in [0.15, 0.2) is 0 Å². The molecule has 2 aromatic carbocycles. The number of halogens is 1. The van der Waals surface area contributed by atoms with Gasteiger partial charge in [0.1, 0.15) is 0 Å². The molecule has 0 aromatic heterocycles. The Labute approximate surface area is 132 Å². The lowest BCUT2D eigenvalue weighted by atomic mass is 10.1.